The van der Waals surface area contributed by atoms with E-state index in [1.807, 2.05) is 0 Å². The minimum absolute atomic E-state index is 0.268. The fraction of sp³-hybridized carbons (Fsp3) is 0.438. The van der Waals surface area contributed by atoms with Crippen LogP contribution in [0.3, 0.4) is 0 Å². The van der Waals surface area contributed by atoms with Gasteiger partial charge >= 0.3 is 6.03 Å². The normalized spacial score (nSPS) is 14.7. The Bertz CT molecular complexity index is 656. The van der Waals surface area contributed by atoms with Crippen molar-refractivity contribution in [2.75, 3.05) is 10.6 Å². The van der Waals surface area contributed by atoms with E-state index in [-0.39, 0.29) is 12.1 Å². The van der Waals surface area contributed by atoms with Crippen LogP contribution in [0.1, 0.15) is 37.1 Å². The van der Waals surface area contributed by atoms with E-state index in [0.29, 0.717) is 28.7 Å². The molecule has 0 bridgehead atoms. The largest absolute Gasteiger partial charge is 0.474 e. The molecule has 1 fully saturated rings. The van der Waals surface area contributed by atoms with Crippen LogP contribution >= 0.6 is 0 Å². The quantitative estimate of drug-likeness (QED) is 0.898. The van der Waals surface area contributed by atoms with Crippen molar-refractivity contribution in [3.8, 4) is 5.88 Å². The number of carbonyl (C=O) groups excluding carboxylic acids is 1. The number of aryl methyl sites for hydroxylation is 2. The molecule has 0 spiro atoms. The Kier molecular flexibility index (Phi) is 4.45. The second kappa shape index (κ2) is 6.68. The first-order valence-electron chi connectivity index (χ1n) is 7.75. The monoisotopic (exact) mass is 316 g/mol. The highest BCUT2D eigenvalue weighted by Crippen LogP contribution is 2.23. The molecule has 2 amide bonds. The Morgan fingerprint density at radius 3 is 2.65 bits per heavy atom. The van der Waals surface area contributed by atoms with E-state index in [9.17, 15) is 4.79 Å². The van der Waals surface area contributed by atoms with Crippen LogP contribution in [-0.2, 0) is 0 Å². The molecule has 0 saturated heterocycles. The molecule has 0 radical (unpaired) electrons. The van der Waals surface area contributed by atoms with Crippen LogP contribution in [0.2, 0.25) is 0 Å². The Labute approximate surface area is 134 Å². The van der Waals surface area contributed by atoms with Crippen molar-refractivity contribution < 1.29 is 14.1 Å². The molecule has 0 aromatic carbocycles. The van der Waals surface area contributed by atoms with E-state index in [0.717, 1.165) is 12.8 Å². The molecular weight excluding hydrogens is 296 g/mol. The number of carbonyl (C=O) groups is 1. The average molecular weight is 316 g/mol. The summed E-state index contributed by atoms with van der Waals surface area (Å²) in [6.45, 7) is 3.51. The minimum atomic E-state index is -0.370. The number of pyridine rings is 1. The molecule has 0 unspecified atom stereocenters. The highest BCUT2D eigenvalue weighted by Gasteiger charge is 2.17. The van der Waals surface area contributed by atoms with E-state index < -0.39 is 0 Å². The molecule has 2 aromatic heterocycles. The zero-order valence-electron chi connectivity index (χ0n) is 13.3. The van der Waals surface area contributed by atoms with Crippen LogP contribution in [0, 0.1) is 13.8 Å². The van der Waals surface area contributed by atoms with Crippen molar-refractivity contribution in [1.29, 1.82) is 0 Å². The van der Waals surface area contributed by atoms with Crippen LogP contribution in [0.15, 0.2) is 22.9 Å². The van der Waals surface area contributed by atoms with Gasteiger partial charge in [0, 0.05) is 6.07 Å². The molecule has 7 heteroatoms. The van der Waals surface area contributed by atoms with Gasteiger partial charge in [-0.1, -0.05) is 5.16 Å². The molecule has 7 nitrogen and oxygen atoms in total. The molecule has 2 N–H and O–H groups in total. The van der Waals surface area contributed by atoms with E-state index in [1.54, 1.807) is 32.2 Å². The average Bonchev–Trinajstić information content (AvgIpc) is 3.14. The maximum atomic E-state index is 12.0. The summed E-state index contributed by atoms with van der Waals surface area (Å²) in [7, 11) is 0. The molecule has 2 heterocycles. The molecular formula is C16H20N4O3. The second-order valence-corrected chi connectivity index (χ2v) is 5.69. The zero-order chi connectivity index (χ0) is 16.2. The Balaban J connectivity index is 1.56. The maximum Gasteiger partial charge on any atom is 0.323 e. The lowest BCUT2D eigenvalue weighted by atomic mass is 10.3. The summed E-state index contributed by atoms with van der Waals surface area (Å²) >= 11 is 0. The fourth-order valence-corrected chi connectivity index (χ4v) is 2.64. The summed E-state index contributed by atoms with van der Waals surface area (Å²) in [5, 5.41) is 9.22. The highest BCUT2D eigenvalue weighted by molar-refractivity contribution is 6.00. The second-order valence-electron chi connectivity index (χ2n) is 5.69. The summed E-state index contributed by atoms with van der Waals surface area (Å²) in [6.07, 6.45) is 6.45. The third-order valence-electron chi connectivity index (χ3n) is 3.86. The third-order valence-corrected chi connectivity index (χ3v) is 3.86. The summed E-state index contributed by atoms with van der Waals surface area (Å²) in [6, 6.07) is 3.17. The number of urea groups is 1. The summed E-state index contributed by atoms with van der Waals surface area (Å²) in [4.78, 5) is 16.2. The third kappa shape index (κ3) is 3.80. The number of amides is 2. The van der Waals surface area contributed by atoms with Crippen molar-refractivity contribution in [2.45, 2.75) is 45.6 Å². The van der Waals surface area contributed by atoms with Gasteiger partial charge in [0.15, 0.2) is 5.76 Å². The molecule has 122 valence electrons. The van der Waals surface area contributed by atoms with Crippen LogP contribution in [0.25, 0.3) is 0 Å². The van der Waals surface area contributed by atoms with E-state index >= 15 is 0 Å². The number of nitrogens with zero attached hydrogens (tertiary/aromatic N) is 2. The van der Waals surface area contributed by atoms with Gasteiger partial charge in [0.05, 0.1) is 11.9 Å². The lowest BCUT2D eigenvalue weighted by Gasteiger charge is -2.12. The topological polar surface area (TPSA) is 89.3 Å². The van der Waals surface area contributed by atoms with Crippen LogP contribution < -0.4 is 15.4 Å². The predicted octanol–water partition coefficient (Wildman–Crippen LogP) is 3.65. The van der Waals surface area contributed by atoms with E-state index in [4.69, 9.17) is 9.26 Å². The predicted molar refractivity (Wildman–Crippen MR) is 85.7 cm³/mol. The summed E-state index contributed by atoms with van der Waals surface area (Å²) in [5.74, 6) is 1.16. The molecule has 1 saturated carbocycles. The number of anilines is 2. The molecule has 3 rings (SSSR count). The minimum Gasteiger partial charge on any atom is -0.474 e. The summed E-state index contributed by atoms with van der Waals surface area (Å²) in [5.41, 5.74) is 1.81. The van der Waals surface area contributed by atoms with Crippen molar-refractivity contribution in [2.24, 2.45) is 0 Å². The number of hydrogen-bond acceptors (Lipinski definition) is 5. The number of hydrogen-bond donors (Lipinski definition) is 2. The van der Waals surface area contributed by atoms with Crippen molar-refractivity contribution in [3.05, 3.63) is 29.8 Å². The smallest absolute Gasteiger partial charge is 0.323 e. The standard InChI is InChI=1S/C16H20N4O3/c1-10-15(11(2)23-20-10)19-16(21)18-12-7-8-14(17-9-12)22-13-5-3-4-6-13/h7-9,13H,3-6H2,1-2H3,(H2,18,19,21). The van der Waals surface area contributed by atoms with Gasteiger partial charge < -0.3 is 19.9 Å². The Morgan fingerprint density at radius 2 is 2.04 bits per heavy atom. The van der Waals surface area contributed by atoms with E-state index in [2.05, 4.69) is 20.8 Å². The summed E-state index contributed by atoms with van der Waals surface area (Å²) < 4.78 is 10.8. The molecule has 23 heavy (non-hydrogen) atoms. The van der Waals surface area contributed by atoms with Gasteiger partial charge in [-0.25, -0.2) is 9.78 Å². The Hall–Kier alpha value is -2.57. The zero-order valence-corrected chi connectivity index (χ0v) is 13.3. The van der Waals surface area contributed by atoms with E-state index in [1.165, 1.54) is 12.8 Å². The molecule has 0 atom stereocenters. The fourth-order valence-electron chi connectivity index (χ4n) is 2.64. The SMILES string of the molecule is Cc1noc(C)c1NC(=O)Nc1ccc(OC2CCCC2)nc1. The Morgan fingerprint density at radius 1 is 1.26 bits per heavy atom. The number of ether oxygens (including phenoxy) is 1. The van der Waals surface area contributed by atoms with Gasteiger partial charge in [-0.15, -0.1) is 0 Å². The maximum absolute atomic E-state index is 12.0. The first-order chi connectivity index (χ1) is 11.1. The van der Waals surface area contributed by atoms with Crippen molar-refractivity contribution in [3.63, 3.8) is 0 Å². The van der Waals surface area contributed by atoms with Crippen LogP contribution in [0.4, 0.5) is 16.2 Å². The lowest BCUT2D eigenvalue weighted by Crippen LogP contribution is -2.20. The molecule has 1 aliphatic rings. The van der Waals surface area contributed by atoms with Crippen molar-refractivity contribution in [1.82, 2.24) is 10.1 Å². The lowest BCUT2D eigenvalue weighted by molar-refractivity contribution is 0.201. The number of aromatic nitrogens is 2. The first kappa shape index (κ1) is 15.3. The van der Waals surface area contributed by atoms with Gasteiger partial charge in [0.1, 0.15) is 17.5 Å². The van der Waals surface area contributed by atoms with Gasteiger partial charge in [0.25, 0.3) is 0 Å². The molecule has 2 aromatic rings. The van der Waals surface area contributed by atoms with Gasteiger partial charge in [-0.2, -0.15) is 0 Å². The van der Waals surface area contributed by atoms with Gasteiger partial charge in [0.2, 0.25) is 5.88 Å². The highest BCUT2D eigenvalue weighted by atomic mass is 16.5. The number of nitrogens with one attached hydrogen (secondary N) is 2. The van der Waals surface area contributed by atoms with Crippen LogP contribution in [0.5, 0.6) is 5.88 Å². The number of rotatable bonds is 4. The first-order valence-corrected chi connectivity index (χ1v) is 7.75. The molecule has 0 aliphatic heterocycles. The van der Waals surface area contributed by atoms with Crippen LogP contribution in [-0.4, -0.2) is 22.3 Å². The van der Waals surface area contributed by atoms with Crippen molar-refractivity contribution >= 4 is 17.4 Å². The molecule has 1 aliphatic carbocycles. The van der Waals surface area contributed by atoms with Gasteiger partial charge in [-0.05, 0) is 45.6 Å². The van der Waals surface area contributed by atoms with Gasteiger partial charge in [-0.3, -0.25) is 0 Å².